The lowest BCUT2D eigenvalue weighted by atomic mass is 9.74. The van der Waals surface area contributed by atoms with Crippen molar-refractivity contribution in [1.29, 1.82) is 0 Å². The second-order valence-corrected chi connectivity index (χ2v) is 5.46. The van der Waals surface area contributed by atoms with Crippen LogP contribution in [0.4, 0.5) is 0 Å². The van der Waals surface area contributed by atoms with Gasteiger partial charge in [0.15, 0.2) is 0 Å². The highest BCUT2D eigenvalue weighted by Gasteiger charge is 2.11. The number of nitrogens with zero attached hydrogens (tertiary/aromatic N) is 1. The summed E-state index contributed by atoms with van der Waals surface area (Å²) in [6, 6.07) is 0. The van der Waals surface area contributed by atoms with Crippen molar-refractivity contribution in [2.45, 2.75) is 26.5 Å². The molecule has 1 aromatic heterocycles. The van der Waals surface area contributed by atoms with Crippen LogP contribution >= 0.6 is 7.57 Å². The molecule has 1 heterocycles. The van der Waals surface area contributed by atoms with Gasteiger partial charge in [0, 0.05) is 13.2 Å². The predicted octanol–water partition coefficient (Wildman–Crippen LogP) is 2.89. The maximum absolute atomic E-state index is 2.36. The summed E-state index contributed by atoms with van der Waals surface area (Å²) in [7, 11) is 2.31. The van der Waals surface area contributed by atoms with Crippen LogP contribution in [-0.2, 0) is 7.05 Å². The molecule has 1 rings (SSSR count). The lowest BCUT2D eigenvalue weighted by Crippen LogP contribution is -2.06. The second kappa shape index (κ2) is 3.34. The molecule has 0 bridgehead atoms. The van der Waals surface area contributed by atoms with Crippen LogP contribution in [0.2, 0.25) is 13.1 Å². The Bertz CT molecular complexity index is 192. The summed E-state index contributed by atoms with van der Waals surface area (Å²) < 4.78 is 2.36. The van der Waals surface area contributed by atoms with Gasteiger partial charge in [0.2, 0.25) is 6.43 Å². The van der Waals surface area contributed by atoms with E-state index in [4.69, 9.17) is 0 Å². The minimum atomic E-state index is 0.127. The number of aromatic nitrogens is 1. The van der Waals surface area contributed by atoms with Crippen molar-refractivity contribution in [3.05, 3.63) is 12.0 Å². The normalized spacial score (nSPS) is 12.1. The van der Waals surface area contributed by atoms with Crippen LogP contribution < -0.4 is 0 Å². The largest absolute Gasteiger partial charge is 0.350 e. The van der Waals surface area contributed by atoms with Gasteiger partial charge in [-0.2, -0.15) is 0 Å². The van der Waals surface area contributed by atoms with E-state index in [1.807, 2.05) is 0 Å². The first kappa shape index (κ1) is 8.01. The van der Waals surface area contributed by atoms with Crippen LogP contribution in [0, 0.1) is 0 Å². The predicted molar refractivity (Wildman–Crippen MR) is 50.2 cm³/mol. The van der Waals surface area contributed by atoms with Gasteiger partial charge in [-0.25, -0.2) is 0 Å². The molecule has 0 aliphatic heterocycles. The third kappa shape index (κ3) is 1.49. The Morgan fingerprint density at radius 2 is 2.30 bits per heavy atom. The molecule has 10 heavy (non-hydrogen) atoms. The molecule has 0 fully saturated rings. The lowest BCUT2D eigenvalue weighted by Gasteiger charge is -2.17. The van der Waals surface area contributed by atoms with Crippen LogP contribution in [0.25, 0.3) is 0 Å². The summed E-state index contributed by atoms with van der Waals surface area (Å²) in [5.41, 5.74) is 0. The maximum Gasteiger partial charge on any atom is 0.216 e. The quantitative estimate of drug-likeness (QED) is 0.591. The Balaban J connectivity index is 2.46. The summed E-state index contributed by atoms with van der Waals surface area (Å²) >= 11 is 0. The van der Waals surface area contributed by atoms with E-state index >= 15 is 0 Å². The Morgan fingerprint density at radius 3 is 2.60 bits per heavy atom. The molecular formula is C7H15BNP. The van der Waals surface area contributed by atoms with E-state index in [1.165, 1.54) is 12.7 Å². The average molecular weight is 155 g/mol. The first-order valence-electron chi connectivity index (χ1n) is 3.95. The molecule has 1 nitrogen and oxygen atoms in total. The van der Waals surface area contributed by atoms with Gasteiger partial charge < -0.3 is 4.33 Å². The van der Waals surface area contributed by atoms with Crippen molar-refractivity contribution in [2.75, 3.05) is 0 Å². The van der Waals surface area contributed by atoms with Gasteiger partial charge in [0.25, 0.3) is 0 Å². The minimum Gasteiger partial charge on any atom is -0.350 e. The SMILES string of the molecule is CCCB(C)p1ccn1C. The molecule has 0 spiro atoms. The minimum absolute atomic E-state index is 0.127. The zero-order chi connectivity index (χ0) is 7.56. The smallest absolute Gasteiger partial charge is 0.216 e. The third-order valence-electron chi connectivity index (χ3n) is 1.96. The standard InChI is InChI=1S/C7H15BNP/c1-4-5-8(2)10-7-6-9(10)3/h6-7H,4-5H2,1-3H3. The van der Waals surface area contributed by atoms with Crippen molar-refractivity contribution in [3.8, 4) is 0 Å². The van der Waals surface area contributed by atoms with Gasteiger partial charge in [-0.15, -0.1) is 0 Å². The summed E-state index contributed by atoms with van der Waals surface area (Å²) in [5, 5.41) is 0. The third-order valence-corrected chi connectivity index (χ3v) is 4.42. The Labute approximate surface area is 64.6 Å². The maximum atomic E-state index is 2.36. The molecule has 0 aromatic carbocycles. The molecule has 0 amide bonds. The molecule has 0 aliphatic rings. The van der Waals surface area contributed by atoms with Gasteiger partial charge in [-0.05, 0) is 5.80 Å². The molecule has 0 saturated heterocycles. The fourth-order valence-corrected chi connectivity index (χ4v) is 3.28. The molecule has 3 heteroatoms. The highest BCUT2D eigenvalue weighted by Crippen LogP contribution is 2.33. The van der Waals surface area contributed by atoms with E-state index in [2.05, 4.69) is 37.1 Å². The topological polar surface area (TPSA) is 4.93 Å². The van der Waals surface area contributed by atoms with Crippen molar-refractivity contribution < 1.29 is 0 Å². The molecule has 1 atom stereocenters. The molecule has 0 radical (unpaired) electrons. The number of rotatable bonds is 3. The average Bonchev–Trinajstić information content (AvgIpc) is 1.85. The van der Waals surface area contributed by atoms with Crippen molar-refractivity contribution in [3.63, 3.8) is 0 Å². The van der Waals surface area contributed by atoms with E-state index in [9.17, 15) is 0 Å². The van der Waals surface area contributed by atoms with E-state index < -0.39 is 0 Å². The summed E-state index contributed by atoms with van der Waals surface area (Å²) in [4.78, 5) is 0. The number of hydrogen-bond donors (Lipinski definition) is 0. The van der Waals surface area contributed by atoms with Gasteiger partial charge in [0.05, 0.1) is 0 Å². The van der Waals surface area contributed by atoms with Crippen molar-refractivity contribution >= 4 is 14.0 Å². The number of hydrogen-bond acceptors (Lipinski definition) is 0. The molecule has 0 aliphatic carbocycles. The highest BCUT2D eigenvalue weighted by atomic mass is 31.1. The molecule has 0 saturated carbocycles. The van der Waals surface area contributed by atoms with Crippen LogP contribution in [0.5, 0.6) is 0 Å². The van der Waals surface area contributed by atoms with Gasteiger partial charge >= 0.3 is 0 Å². The van der Waals surface area contributed by atoms with Gasteiger partial charge in [-0.3, -0.25) is 0 Å². The zero-order valence-electron chi connectivity index (χ0n) is 7.04. The van der Waals surface area contributed by atoms with Crippen molar-refractivity contribution in [2.24, 2.45) is 7.05 Å². The van der Waals surface area contributed by atoms with Crippen molar-refractivity contribution in [1.82, 2.24) is 4.33 Å². The summed E-state index contributed by atoms with van der Waals surface area (Å²) in [5.74, 6) is 2.36. The Hall–Kier alpha value is -0.0951. The van der Waals surface area contributed by atoms with Crippen LogP contribution in [0.15, 0.2) is 12.0 Å². The molecule has 0 N–H and O–H groups in total. The Kier molecular flexibility index (Phi) is 2.68. The molecular weight excluding hydrogens is 140 g/mol. The van der Waals surface area contributed by atoms with E-state index in [-0.39, 0.29) is 7.57 Å². The first-order valence-corrected chi connectivity index (χ1v) is 5.38. The number of aryl methyl sites for hydroxylation is 1. The Morgan fingerprint density at radius 1 is 1.60 bits per heavy atom. The van der Waals surface area contributed by atoms with E-state index in [1.54, 1.807) is 0 Å². The summed E-state index contributed by atoms with van der Waals surface area (Å²) in [6.45, 7) is 4.62. The molecule has 1 unspecified atom stereocenters. The van der Waals surface area contributed by atoms with Crippen LogP contribution in [0.3, 0.4) is 0 Å². The fraction of sp³-hybridized carbons (Fsp3) is 0.714. The molecule has 56 valence electrons. The first-order chi connectivity index (χ1) is 4.75. The molecule has 1 aromatic rings. The van der Waals surface area contributed by atoms with Gasteiger partial charge in [-0.1, -0.05) is 34.1 Å². The second-order valence-electron chi connectivity index (χ2n) is 2.89. The fourth-order valence-electron chi connectivity index (χ4n) is 1.28. The monoisotopic (exact) mass is 155 g/mol. The highest BCUT2D eigenvalue weighted by molar-refractivity contribution is 7.81. The van der Waals surface area contributed by atoms with Gasteiger partial charge in [0.1, 0.15) is 0 Å². The van der Waals surface area contributed by atoms with E-state index in [0.717, 1.165) is 6.43 Å². The van der Waals surface area contributed by atoms with Crippen LogP contribution in [0.1, 0.15) is 13.3 Å². The van der Waals surface area contributed by atoms with Crippen LogP contribution in [-0.4, -0.2) is 10.8 Å². The van der Waals surface area contributed by atoms with E-state index in [0.29, 0.717) is 0 Å². The summed E-state index contributed by atoms with van der Waals surface area (Å²) in [6.07, 6.45) is 5.77. The lowest BCUT2D eigenvalue weighted by molar-refractivity contribution is 1.00. The zero-order valence-corrected chi connectivity index (χ0v) is 7.94.